The Morgan fingerprint density at radius 3 is 2.31 bits per heavy atom. The zero-order valence-corrected chi connectivity index (χ0v) is 16.1. The molecule has 0 saturated heterocycles. The summed E-state index contributed by atoms with van der Waals surface area (Å²) in [5.41, 5.74) is 1.55. The fourth-order valence-corrected chi connectivity index (χ4v) is 2.76. The summed E-state index contributed by atoms with van der Waals surface area (Å²) < 4.78 is 5.35. The summed E-state index contributed by atoms with van der Waals surface area (Å²) in [6.07, 6.45) is 2.03. The van der Waals surface area contributed by atoms with Gasteiger partial charge >= 0.3 is 0 Å². The van der Waals surface area contributed by atoms with Gasteiger partial charge < -0.3 is 15.0 Å². The van der Waals surface area contributed by atoms with Crippen molar-refractivity contribution in [2.75, 3.05) is 26.5 Å². The molecule has 0 spiro atoms. The topological polar surface area (TPSA) is 58.6 Å². The standard InChI is InChI=1S/C20H24N2O3S/c1-4-25-17-9-7-16(8-10-17)20(24)21-13-19(23)22(2)14-15-5-11-18(26-3)12-6-15/h5-12H,4,13-14H2,1-3H3,(H,21,24). The maximum Gasteiger partial charge on any atom is 0.251 e. The third-order valence-electron chi connectivity index (χ3n) is 3.83. The van der Waals surface area contributed by atoms with Crippen LogP contribution in [0.5, 0.6) is 5.75 Å². The Kier molecular flexibility index (Phi) is 7.53. The lowest BCUT2D eigenvalue weighted by molar-refractivity contribution is -0.129. The first-order valence-electron chi connectivity index (χ1n) is 8.41. The van der Waals surface area contributed by atoms with Crippen LogP contribution in [0, 0.1) is 0 Å². The van der Waals surface area contributed by atoms with Crippen LogP contribution in [-0.4, -0.2) is 43.2 Å². The van der Waals surface area contributed by atoms with E-state index >= 15 is 0 Å². The molecule has 2 rings (SSSR count). The van der Waals surface area contributed by atoms with Crippen molar-refractivity contribution < 1.29 is 14.3 Å². The van der Waals surface area contributed by atoms with E-state index in [1.807, 2.05) is 37.4 Å². The quantitative estimate of drug-likeness (QED) is 0.723. The second kappa shape index (κ2) is 9.87. The highest BCUT2D eigenvalue weighted by atomic mass is 32.2. The van der Waals surface area contributed by atoms with Crippen molar-refractivity contribution in [2.45, 2.75) is 18.4 Å². The lowest BCUT2D eigenvalue weighted by Gasteiger charge is -2.18. The Hall–Kier alpha value is -2.47. The van der Waals surface area contributed by atoms with Crippen LogP contribution in [0.2, 0.25) is 0 Å². The van der Waals surface area contributed by atoms with Crippen LogP contribution in [0.4, 0.5) is 0 Å². The van der Waals surface area contributed by atoms with Crippen LogP contribution >= 0.6 is 11.8 Å². The number of ether oxygens (including phenoxy) is 1. The molecule has 6 heteroatoms. The Bertz CT molecular complexity index is 730. The molecule has 0 aliphatic carbocycles. The Labute approximate surface area is 158 Å². The SMILES string of the molecule is CCOc1ccc(C(=O)NCC(=O)N(C)Cc2ccc(SC)cc2)cc1. The van der Waals surface area contributed by atoms with E-state index in [1.165, 1.54) is 4.90 Å². The summed E-state index contributed by atoms with van der Waals surface area (Å²) in [5.74, 6) is 0.296. The zero-order valence-electron chi connectivity index (χ0n) is 15.3. The van der Waals surface area contributed by atoms with Gasteiger partial charge in [0.1, 0.15) is 5.75 Å². The molecule has 0 aliphatic rings. The highest BCUT2D eigenvalue weighted by molar-refractivity contribution is 7.98. The number of benzene rings is 2. The van der Waals surface area contributed by atoms with Crippen molar-refractivity contribution >= 4 is 23.6 Å². The number of hydrogen-bond donors (Lipinski definition) is 1. The van der Waals surface area contributed by atoms with Crippen molar-refractivity contribution in [3.63, 3.8) is 0 Å². The predicted molar refractivity (Wildman–Crippen MR) is 105 cm³/mol. The number of amides is 2. The number of hydrogen-bond acceptors (Lipinski definition) is 4. The minimum atomic E-state index is -0.279. The summed E-state index contributed by atoms with van der Waals surface area (Å²) in [5, 5.41) is 2.66. The van der Waals surface area contributed by atoms with Gasteiger partial charge in [0.05, 0.1) is 13.2 Å². The minimum Gasteiger partial charge on any atom is -0.494 e. The fraction of sp³-hybridized carbons (Fsp3) is 0.300. The molecule has 2 amide bonds. The molecule has 2 aromatic carbocycles. The first-order valence-corrected chi connectivity index (χ1v) is 9.64. The van der Waals surface area contributed by atoms with Crippen LogP contribution in [0.25, 0.3) is 0 Å². The predicted octanol–water partition coefficient (Wildman–Crippen LogP) is 3.20. The molecule has 0 heterocycles. The first-order chi connectivity index (χ1) is 12.5. The molecule has 0 atom stereocenters. The molecular weight excluding hydrogens is 348 g/mol. The van der Waals surface area contributed by atoms with Gasteiger partial charge in [-0.2, -0.15) is 0 Å². The molecule has 5 nitrogen and oxygen atoms in total. The largest absolute Gasteiger partial charge is 0.494 e. The maximum absolute atomic E-state index is 12.2. The van der Waals surface area contributed by atoms with Gasteiger partial charge in [-0.25, -0.2) is 0 Å². The number of nitrogens with zero attached hydrogens (tertiary/aromatic N) is 1. The molecule has 26 heavy (non-hydrogen) atoms. The fourth-order valence-electron chi connectivity index (χ4n) is 2.36. The number of rotatable bonds is 8. The van der Waals surface area contributed by atoms with Gasteiger partial charge in [-0.1, -0.05) is 12.1 Å². The Balaban J connectivity index is 1.83. The second-order valence-electron chi connectivity index (χ2n) is 5.74. The van der Waals surface area contributed by atoms with Gasteiger partial charge in [0.15, 0.2) is 0 Å². The van der Waals surface area contributed by atoms with Crippen LogP contribution in [0.1, 0.15) is 22.8 Å². The second-order valence-corrected chi connectivity index (χ2v) is 6.62. The third-order valence-corrected chi connectivity index (χ3v) is 4.58. The molecule has 0 aromatic heterocycles. The molecule has 0 radical (unpaired) electrons. The van der Waals surface area contributed by atoms with Crippen molar-refractivity contribution in [1.82, 2.24) is 10.2 Å². The van der Waals surface area contributed by atoms with Crippen LogP contribution in [0.3, 0.4) is 0 Å². The van der Waals surface area contributed by atoms with Gasteiger partial charge in [-0.15, -0.1) is 11.8 Å². The number of nitrogens with one attached hydrogen (secondary N) is 1. The summed E-state index contributed by atoms with van der Waals surface area (Å²) in [7, 11) is 1.73. The number of carbonyl (C=O) groups is 2. The number of carbonyl (C=O) groups excluding carboxylic acids is 2. The van der Waals surface area contributed by atoms with Gasteiger partial charge in [-0.3, -0.25) is 9.59 Å². The van der Waals surface area contributed by atoms with E-state index in [1.54, 1.807) is 48.0 Å². The summed E-state index contributed by atoms with van der Waals surface area (Å²) in [4.78, 5) is 27.2. The van der Waals surface area contributed by atoms with Crippen LogP contribution in [0.15, 0.2) is 53.4 Å². The smallest absolute Gasteiger partial charge is 0.251 e. The van der Waals surface area contributed by atoms with Crippen molar-refractivity contribution in [3.05, 3.63) is 59.7 Å². The van der Waals surface area contributed by atoms with E-state index in [-0.39, 0.29) is 18.4 Å². The molecule has 0 saturated carbocycles. The van der Waals surface area contributed by atoms with Crippen molar-refractivity contribution in [3.8, 4) is 5.75 Å². The van der Waals surface area contributed by atoms with E-state index in [9.17, 15) is 9.59 Å². The Morgan fingerprint density at radius 1 is 1.08 bits per heavy atom. The maximum atomic E-state index is 12.2. The summed E-state index contributed by atoms with van der Waals surface area (Å²) in [6, 6.07) is 14.9. The molecule has 0 bridgehead atoms. The average Bonchev–Trinajstić information content (AvgIpc) is 2.67. The van der Waals surface area contributed by atoms with Crippen LogP contribution < -0.4 is 10.1 Å². The first kappa shape index (κ1) is 19.8. The monoisotopic (exact) mass is 372 g/mol. The van der Waals surface area contributed by atoms with Gasteiger partial charge in [0.2, 0.25) is 5.91 Å². The van der Waals surface area contributed by atoms with Crippen molar-refractivity contribution in [1.29, 1.82) is 0 Å². The van der Waals surface area contributed by atoms with Gasteiger partial charge in [0, 0.05) is 24.1 Å². The average molecular weight is 372 g/mol. The molecule has 138 valence electrons. The zero-order chi connectivity index (χ0) is 18.9. The molecule has 0 fully saturated rings. The van der Waals surface area contributed by atoms with Crippen molar-refractivity contribution in [2.24, 2.45) is 0 Å². The number of thioether (sulfide) groups is 1. The highest BCUT2D eigenvalue weighted by Crippen LogP contribution is 2.15. The number of likely N-dealkylation sites (N-methyl/N-ethyl adjacent to an activating group) is 1. The Morgan fingerprint density at radius 2 is 1.73 bits per heavy atom. The normalized spacial score (nSPS) is 10.3. The van der Waals surface area contributed by atoms with Gasteiger partial charge in [0.25, 0.3) is 5.91 Å². The molecular formula is C20H24N2O3S. The highest BCUT2D eigenvalue weighted by Gasteiger charge is 2.12. The van der Waals surface area contributed by atoms with E-state index in [0.717, 1.165) is 5.56 Å². The third kappa shape index (κ3) is 5.81. The van der Waals surface area contributed by atoms with Crippen LogP contribution in [-0.2, 0) is 11.3 Å². The minimum absolute atomic E-state index is 0.0363. The molecule has 0 aliphatic heterocycles. The van der Waals surface area contributed by atoms with E-state index in [4.69, 9.17) is 4.74 Å². The lowest BCUT2D eigenvalue weighted by atomic mass is 10.2. The molecule has 1 N–H and O–H groups in total. The van der Waals surface area contributed by atoms with Gasteiger partial charge in [-0.05, 0) is 55.1 Å². The van der Waals surface area contributed by atoms with E-state index in [0.29, 0.717) is 24.5 Å². The van der Waals surface area contributed by atoms with E-state index in [2.05, 4.69) is 5.32 Å². The molecule has 0 unspecified atom stereocenters. The molecule has 2 aromatic rings. The summed E-state index contributed by atoms with van der Waals surface area (Å²) >= 11 is 1.68. The summed E-state index contributed by atoms with van der Waals surface area (Å²) in [6.45, 7) is 2.95. The van der Waals surface area contributed by atoms with E-state index < -0.39 is 0 Å². The lowest BCUT2D eigenvalue weighted by Crippen LogP contribution is -2.37.